The third-order valence-electron chi connectivity index (χ3n) is 8.39. The van der Waals surface area contributed by atoms with Crippen LogP contribution in [0, 0.1) is 5.82 Å². The Labute approximate surface area is 253 Å². The average molecular weight is 611 g/mol. The van der Waals surface area contributed by atoms with Gasteiger partial charge >= 0.3 is 5.97 Å². The number of halogens is 3. The van der Waals surface area contributed by atoms with Crippen molar-refractivity contribution < 1.29 is 27.8 Å². The van der Waals surface area contributed by atoms with E-state index in [9.17, 15) is 9.18 Å². The first-order valence-corrected chi connectivity index (χ1v) is 14.8. The highest BCUT2D eigenvalue weighted by molar-refractivity contribution is 6.30. The van der Waals surface area contributed by atoms with Gasteiger partial charge < -0.3 is 18.8 Å². The summed E-state index contributed by atoms with van der Waals surface area (Å²) in [4.78, 5) is 23.8. The number of aromatic nitrogens is 3. The molecule has 8 nitrogen and oxygen atoms in total. The Bertz CT molecular complexity index is 1630. The number of methoxy groups -OCH3 is 1. The van der Waals surface area contributed by atoms with E-state index in [1.165, 1.54) is 13.2 Å². The summed E-state index contributed by atoms with van der Waals surface area (Å²) in [7, 11) is 1.36. The summed E-state index contributed by atoms with van der Waals surface area (Å²) in [5.74, 6) is -0.142. The molecule has 0 spiro atoms. The predicted molar refractivity (Wildman–Crippen MR) is 158 cm³/mol. The first-order valence-electron chi connectivity index (χ1n) is 14.4. The van der Waals surface area contributed by atoms with Gasteiger partial charge in [-0.1, -0.05) is 23.7 Å². The van der Waals surface area contributed by atoms with E-state index in [4.69, 9.17) is 30.8 Å². The normalized spacial score (nSPS) is 21.4. The van der Waals surface area contributed by atoms with Crippen molar-refractivity contribution in [3.8, 4) is 5.88 Å². The van der Waals surface area contributed by atoms with E-state index in [0.717, 1.165) is 29.9 Å². The number of hydrogen-bond donors (Lipinski definition) is 0. The number of esters is 1. The summed E-state index contributed by atoms with van der Waals surface area (Å²) >= 11 is 5.84. The second-order valence-electron chi connectivity index (χ2n) is 11.1. The smallest absolute Gasteiger partial charge is 0.337 e. The van der Waals surface area contributed by atoms with Gasteiger partial charge in [0.15, 0.2) is 0 Å². The van der Waals surface area contributed by atoms with Crippen LogP contribution in [-0.4, -0.2) is 64.5 Å². The molecule has 11 heteroatoms. The maximum Gasteiger partial charge on any atom is 0.337 e. The molecule has 2 aliphatic rings. The zero-order valence-electron chi connectivity index (χ0n) is 24.0. The summed E-state index contributed by atoms with van der Waals surface area (Å²) in [5, 5.41) is 0.313. The molecular weight excluding hydrogens is 578 g/mol. The molecule has 2 fully saturated rings. The van der Waals surface area contributed by atoms with Crippen LogP contribution in [0.25, 0.3) is 11.0 Å². The Morgan fingerprint density at radius 2 is 2.00 bits per heavy atom. The van der Waals surface area contributed by atoms with Crippen molar-refractivity contribution in [3.63, 3.8) is 0 Å². The number of rotatable bonds is 9. The van der Waals surface area contributed by atoms with E-state index in [1.54, 1.807) is 36.4 Å². The van der Waals surface area contributed by atoms with Crippen LogP contribution in [0.2, 0.25) is 5.02 Å². The number of carbonyl (C=O) groups is 1. The highest BCUT2D eigenvalue weighted by atomic mass is 35.5. The lowest BCUT2D eigenvalue weighted by Gasteiger charge is -2.38. The first kappa shape index (κ1) is 29.5. The monoisotopic (exact) mass is 610 g/mol. The predicted octanol–water partition coefficient (Wildman–Crippen LogP) is 6.27. The number of piperidine rings is 1. The number of fused-ring (bicyclic) bond motifs is 1. The molecule has 0 aliphatic carbocycles. The van der Waals surface area contributed by atoms with Crippen molar-refractivity contribution in [2.45, 2.75) is 57.2 Å². The zero-order chi connectivity index (χ0) is 30.1. The van der Waals surface area contributed by atoms with E-state index in [1.807, 2.05) is 19.1 Å². The molecule has 43 heavy (non-hydrogen) atoms. The van der Waals surface area contributed by atoms with Gasteiger partial charge in [-0.15, -0.1) is 0 Å². The van der Waals surface area contributed by atoms with E-state index >= 15 is 4.39 Å². The number of imidazole rings is 1. The van der Waals surface area contributed by atoms with Crippen LogP contribution >= 0.6 is 11.6 Å². The van der Waals surface area contributed by atoms with Crippen molar-refractivity contribution in [2.75, 3.05) is 26.8 Å². The van der Waals surface area contributed by atoms with Crippen molar-refractivity contribution in [3.05, 3.63) is 88.1 Å². The number of ether oxygens (including phenoxy) is 3. The second kappa shape index (κ2) is 12.6. The summed E-state index contributed by atoms with van der Waals surface area (Å²) in [6.45, 7) is 4.22. The van der Waals surface area contributed by atoms with E-state index in [-0.39, 0.29) is 25.3 Å². The van der Waals surface area contributed by atoms with Crippen molar-refractivity contribution in [2.24, 2.45) is 0 Å². The molecule has 0 bridgehead atoms. The molecule has 4 heterocycles. The molecule has 2 aromatic heterocycles. The summed E-state index contributed by atoms with van der Waals surface area (Å²) in [6.07, 6.45) is 0.423. The maximum atomic E-state index is 15.8. The lowest BCUT2D eigenvalue weighted by Crippen LogP contribution is -2.43. The zero-order valence-corrected chi connectivity index (χ0v) is 24.8. The number of carbonyl (C=O) groups excluding carboxylic acids is 1. The quantitative estimate of drug-likeness (QED) is 0.207. The van der Waals surface area contributed by atoms with Gasteiger partial charge in [0, 0.05) is 35.7 Å². The number of benzene rings is 2. The average Bonchev–Trinajstić information content (AvgIpc) is 3.35. The van der Waals surface area contributed by atoms with Gasteiger partial charge in [0.05, 0.1) is 48.1 Å². The number of alkyl halides is 1. The third-order valence-corrected chi connectivity index (χ3v) is 8.62. The Morgan fingerprint density at radius 3 is 2.72 bits per heavy atom. The number of hydrogen-bond acceptors (Lipinski definition) is 7. The third kappa shape index (κ3) is 6.23. The summed E-state index contributed by atoms with van der Waals surface area (Å²) in [5.41, 5.74) is 3.01. The van der Waals surface area contributed by atoms with Gasteiger partial charge in [0.25, 0.3) is 0 Å². The van der Waals surface area contributed by atoms with Gasteiger partial charge in [-0.2, -0.15) is 0 Å². The lowest BCUT2D eigenvalue weighted by atomic mass is 9.90. The van der Waals surface area contributed by atoms with E-state index < -0.39 is 23.9 Å². The molecule has 4 atom stereocenters. The molecule has 4 aromatic rings. The number of nitrogens with zero attached hydrogens (tertiary/aromatic N) is 4. The minimum atomic E-state index is -1.16. The fourth-order valence-corrected chi connectivity index (χ4v) is 5.97. The molecule has 6 rings (SSSR count). The molecule has 2 unspecified atom stereocenters. The minimum Gasteiger partial charge on any atom is -0.473 e. The van der Waals surface area contributed by atoms with Gasteiger partial charge in [-0.05, 0) is 62.7 Å². The number of pyridine rings is 1. The van der Waals surface area contributed by atoms with E-state index in [0.29, 0.717) is 47.2 Å². The van der Waals surface area contributed by atoms with Crippen molar-refractivity contribution in [1.82, 2.24) is 19.4 Å². The molecule has 0 N–H and O–H groups in total. The second-order valence-corrected chi connectivity index (χ2v) is 11.5. The maximum absolute atomic E-state index is 15.8. The number of likely N-dealkylation sites (tertiary alicyclic amines) is 1. The molecule has 0 radical (unpaired) electrons. The fourth-order valence-electron chi connectivity index (χ4n) is 5.81. The summed E-state index contributed by atoms with van der Waals surface area (Å²) < 4.78 is 48.4. The first-order chi connectivity index (χ1) is 20.8. The fraction of sp³-hybridized carbons (Fsp3) is 0.406. The van der Waals surface area contributed by atoms with Crippen LogP contribution in [0.5, 0.6) is 5.88 Å². The molecule has 0 amide bonds. The van der Waals surface area contributed by atoms with Gasteiger partial charge in [0.2, 0.25) is 5.88 Å². The largest absolute Gasteiger partial charge is 0.473 e. The Kier molecular flexibility index (Phi) is 8.61. The lowest BCUT2D eigenvalue weighted by molar-refractivity contribution is -0.0595. The van der Waals surface area contributed by atoms with Crippen LogP contribution in [0.3, 0.4) is 0 Å². The molecule has 0 saturated carbocycles. The van der Waals surface area contributed by atoms with Gasteiger partial charge in [0.1, 0.15) is 24.4 Å². The van der Waals surface area contributed by atoms with Crippen LogP contribution in [0.4, 0.5) is 8.78 Å². The van der Waals surface area contributed by atoms with Crippen molar-refractivity contribution in [1.29, 1.82) is 0 Å². The van der Waals surface area contributed by atoms with E-state index in [2.05, 4.69) is 14.5 Å². The van der Waals surface area contributed by atoms with Crippen LogP contribution in [0.1, 0.15) is 59.2 Å². The van der Waals surface area contributed by atoms with Crippen LogP contribution < -0.4 is 4.74 Å². The topological polar surface area (TPSA) is 78.7 Å². The molecule has 226 valence electrons. The Morgan fingerprint density at radius 1 is 1.16 bits per heavy atom. The van der Waals surface area contributed by atoms with Crippen LogP contribution in [0.15, 0.2) is 54.6 Å². The summed E-state index contributed by atoms with van der Waals surface area (Å²) in [6, 6.07) is 14.8. The SMILES string of the molecule is COC(=O)c1ccc2nc([C@H](C)N3CCC(c4cccc(OCc5ccc(Cl)cc5F)n4)C(F)C3)n(C[C@@H]3CCO3)c2c1. The van der Waals surface area contributed by atoms with Crippen LogP contribution in [-0.2, 0) is 22.6 Å². The molecule has 2 aliphatic heterocycles. The highest BCUT2D eigenvalue weighted by Gasteiger charge is 2.35. The van der Waals surface area contributed by atoms with Crippen molar-refractivity contribution >= 4 is 28.6 Å². The Balaban J connectivity index is 1.17. The van der Waals surface area contributed by atoms with Gasteiger partial charge in [-0.25, -0.2) is 23.5 Å². The molecule has 2 aromatic carbocycles. The standard InChI is InChI=1S/C32H33ClF2N4O4/c1-19(31-37-28-9-7-20(32(40)41-2)14-29(28)39(31)16-23-11-13-42-23)38-12-10-24(26(35)17-38)27-4-3-5-30(36-27)43-18-21-6-8-22(33)15-25(21)34/h3-9,14-15,19,23-24,26H,10-13,16-18H2,1-2H3/t19-,23-,24?,26?/m0/s1. The Hall–Kier alpha value is -3.60. The minimum absolute atomic E-state index is 0.0114. The highest BCUT2D eigenvalue weighted by Crippen LogP contribution is 2.35. The van der Waals surface area contributed by atoms with Gasteiger partial charge in [-0.3, -0.25) is 4.90 Å². The molecule has 2 saturated heterocycles. The molecular formula is C32H33ClF2N4O4.